The average Bonchev–Trinajstić information content (AvgIpc) is 2.93. The van der Waals surface area contributed by atoms with Gasteiger partial charge in [-0.05, 0) is 51.0 Å². The van der Waals surface area contributed by atoms with E-state index >= 15 is 0 Å². The summed E-state index contributed by atoms with van der Waals surface area (Å²) in [6.45, 7) is 10.4. The number of hydrogen-bond acceptors (Lipinski definition) is 5. The van der Waals surface area contributed by atoms with Crippen molar-refractivity contribution in [3.63, 3.8) is 0 Å². The van der Waals surface area contributed by atoms with Crippen LogP contribution < -0.4 is 5.32 Å². The standard InChI is InChI=1S/C24H35NO5/c1-13(2)10-18-22-16(5)15(4)12-17-11-14(3)6-7-19(26)20(27)8-9-21(28)30-24(17,22)23(29)25-18/h8-9,11-13,16-20,22,26-27H,6-7,10H2,1-5H3,(H,25,29)/b9-8+,14-11+/t16-,17-,18-,19-,20+,22-,24+/m0/s1. The quantitative estimate of drug-likeness (QED) is 0.474. The third-order valence-corrected chi connectivity index (χ3v) is 6.91. The number of carbonyl (C=O) groups excluding carboxylic acids is 2. The fraction of sp³-hybridized carbons (Fsp3) is 0.667. The van der Waals surface area contributed by atoms with Crippen LogP contribution in [0.25, 0.3) is 0 Å². The molecule has 2 heterocycles. The molecule has 166 valence electrons. The van der Waals surface area contributed by atoms with Crippen molar-refractivity contribution < 1.29 is 24.5 Å². The van der Waals surface area contributed by atoms with Crippen molar-refractivity contribution in [3.05, 3.63) is 35.5 Å². The summed E-state index contributed by atoms with van der Waals surface area (Å²) in [6, 6.07) is -0.0792. The lowest BCUT2D eigenvalue weighted by Gasteiger charge is -2.45. The highest BCUT2D eigenvalue weighted by molar-refractivity contribution is 5.94. The van der Waals surface area contributed by atoms with Crippen LogP contribution in [0.3, 0.4) is 0 Å². The van der Waals surface area contributed by atoms with Crippen molar-refractivity contribution in [1.29, 1.82) is 0 Å². The monoisotopic (exact) mass is 417 g/mol. The van der Waals surface area contributed by atoms with E-state index in [1.54, 1.807) is 0 Å². The molecule has 0 saturated carbocycles. The first-order valence-corrected chi connectivity index (χ1v) is 11.0. The Morgan fingerprint density at radius 2 is 1.93 bits per heavy atom. The predicted molar refractivity (Wildman–Crippen MR) is 114 cm³/mol. The second kappa shape index (κ2) is 8.67. The number of ether oxygens (including phenoxy) is 1. The number of esters is 1. The van der Waals surface area contributed by atoms with E-state index in [4.69, 9.17) is 4.74 Å². The van der Waals surface area contributed by atoms with Gasteiger partial charge in [0.15, 0.2) is 0 Å². The average molecular weight is 418 g/mol. The van der Waals surface area contributed by atoms with E-state index in [2.05, 4.69) is 39.1 Å². The minimum Gasteiger partial charge on any atom is -0.444 e. The van der Waals surface area contributed by atoms with E-state index in [0.29, 0.717) is 18.8 Å². The van der Waals surface area contributed by atoms with E-state index in [9.17, 15) is 19.8 Å². The highest BCUT2D eigenvalue weighted by Gasteiger charge is 2.64. The van der Waals surface area contributed by atoms with Crippen molar-refractivity contribution in [2.75, 3.05) is 0 Å². The number of aliphatic hydroxyl groups excluding tert-OH is 2. The molecule has 6 heteroatoms. The van der Waals surface area contributed by atoms with Crippen LogP contribution in [0, 0.1) is 23.7 Å². The molecule has 1 saturated heterocycles. The lowest BCUT2D eigenvalue weighted by atomic mass is 9.63. The van der Waals surface area contributed by atoms with Crippen molar-refractivity contribution >= 4 is 11.9 Å². The van der Waals surface area contributed by atoms with Crippen molar-refractivity contribution in [2.24, 2.45) is 23.7 Å². The van der Waals surface area contributed by atoms with Gasteiger partial charge in [-0.15, -0.1) is 0 Å². The molecule has 3 aliphatic rings. The number of aliphatic hydroxyl groups is 2. The summed E-state index contributed by atoms with van der Waals surface area (Å²) in [7, 11) is 0. The summed E-state index contributed by atoms with van der Waals surface area (Å²) in [5.74, 6) is -1.02. The number of carbonyl (C=O) groups is 2. The summed E-state index contributed by atoms with van der Waals surface area (Å²) >= 11 is 0. The second-order valence-electron chi connectivity index (χ2n) is 9.64. The maximum Gasteiger partial charge on any atom is 0.331 e. The van der Waals surface area contributed by atoms with E-state index in [1.807, 2.05) is 13.0 Å². The zero-order chi connectivity index (χ0) is 22.2. The van der Waals surface area contributed by atoms with Crippen molar-refractivity contribution in [3.8, 4) is 0 Å². The van der Waals surface area contributed by atoms with Gasteiger partial charge in [0.25, 0.3) is 5.91 Å². The summed E-state index contributed by atoms with van der Waals surface area (Å²) < 4.78 is 5.99. The Balaban J connectivity index is 2.13. The van der Waals surface area contributed by atoms with Crippen molar-refractivity contribution in [1.82, 2.24) is 5.32 Å². The third kappa shape index (κ3) is 4.12. The lowest BCUT2D eigenvalue weighted by molar-refractivity contribution is -0.172. The molecule has 0 aromatic rings. The molecule has 30 heavy (non-hydrogen) atoms. The van der Waals surface area contributed by atoms with Crippen LogP contribution in [-0.2, 0) is 14.3 Å². The Morgan fingerprint density at radius 3 is 2.60 bits per heavy atom. The van der Waals surface area contributed by atoms with Gasteiger partial charge in [-0.1, -0.05) is 44.1 Å². The summed E-state index contributed by atoms with van der Waals surface area (Å²) in [5.41, 5.74) is 0.858. The molecule has 6 nitrogen and oxygen atoms in total. The van der Waals surface area contributed by atoms with E-state index < -0.39 is 23.8 Å². The topological polar surface area (TPSA) is 95.9 Å². The molecule has 3 N–H and O–H groups in total. The summed E-state index contributed by atoms with van der Waals surface area (Å²) in [5, 5.41) is 23.4. The van der Waals surface area contributed by atoms with Gasteiger partial charge in [-0.3, -0.25) is 4.79 Å². The number of rotatable bonds is 2. The zero-order valence-corrected chi connectivity index (χ0v) is 18.6. The van der Waals surface area contributed by atoms with Crippen LogP contribution >= 0.6 is 0 Å². The van der Waals surface area contributed by atoms with Crippen molar-refractivity contribution in [2.45, 2.75) is 77.7 Å². The fourth-order valence-corrected chi connectivity index (χ4v) is 5.27. The molecule has 0 radical (unpaired) electrons. The molecule has 1 amide bonds. The molecule has 0 unspecified atom stereocenters. The largest absolute Gasteiger partial charge is 0.444 e. The van der Waals surface area contributed by atoms with Gasteiger partial charge in [0.2, 0.25) is 5.60 Å². The van der Waals surface area contributed by atoms with Crippen LogP contribution in [0.4, 0.5) is 0 Å². The maximum atomic E-state index is 13.4. The van der Waals surface area contributed by atoms with Crippen LogP contribution in [0.2, 0.25) is 0 Å². The first-order chi connectivity index (χ1) is 14.1. The number of nitrogens with one attached hydrogen (secondary N) is 1. The predicted octanol–water partition coefficient (Wildman–Crippen LogP) is 2.66. The zero-order valence-electron chi connectivity index (χ0n) is 18.6. The first kappa shape index (κ1) is 22.8. The summed E-state index contributed by atoms with van der Waals surface area (Å²) in [6.07, 6.45) is 6.06. The Morgan fingerprint density at radius 1 is 1.23 bits per heavy atom. The summed E-state index contributed by atoms with van der Waals surface area (Å²) in [4.78, 5) is 26.2. The normalized spacial score (nSPS) is 42.5. The van der Waals surface area contributed by atoms with Crippen LogP contribution in [0.1, 0.15) is 53.9 Å². The van der Waals surface area contributed by atoms with E-state index in [0.717, 1.165) is 18.1 Å². The smallest absolute Gasteiger partial charge is 0.331 e. The fourth-order valence-electron chi connectivity index (χ4n) is 5.27. The number of amides is 1. The highest BCUT2D eigenvalue weighted by atomic mass is 16.6. The SMILES string of the molecule is CC1=C[C@@H]2/C=C(\C)CC[C@H](O)[C@H](O)/C=C/C(=O)O[C@]23C(=O)N[C@@H](CC(C)C)[C@@H]3[C@H]1C. The Labute approximate surface area is 179 Å². The number of hydrogen-bond donors (Lipinski definition) is 3. The highest BCUT2D eigenvalue weighted by Crippen LogP contribution is 2.50. The van der Waals surface area contributed by atoms with Gasteiger partial charge in [-0.2, -0.15) is 0 Å². The molecule has 0 bridgehead atoms. The van der Waals surface area contributed by atoms with Crippen LogP contribution in [0.15, 0.2) is 35.5 Å². The maximum absolute atomic E-state index is 13.4. The molecule has 1 fully saturated rings. The van der Waals surface area contributed by atoms with Gasteiger partial charge in [0.05, 0.1) is 12.2 Å². The van der Waals surface area contributed by atoms with Gasteiger partial charge >= 0.3 is 5.97 Å². The van der Waals surface area contributed by atoms with Crippen LogP contribution in [-0.4, -0.2) is 45.9 Å². The molecular formula is C24H35NO5. The lowest BCUT2D eigenvalue weighted by Crippen LogP contribution is -2.56. The van der Waals surface area contributed by atoms with E-state index in [-0.39, 0.29) is 29.7 Å². The molecule has 0 aromatic heterocycles. The molecule has 1 aliphatic carbocycles. The van der Waals surface area contributed by atoms with E-state index in [1.165, 1.54) is 11.6 Å². The van der Waals surface area contributed by atoms with Gasteiger partial charge in [0, 0.05) is 24.0 Å². The molecule has 7 atom stereocenters. The van der Waals surface area contributed by atoms with Gasteiger partial charge in [-0.25, -0.2) is 4.79 Å². The molecule has 1 spiro atoms. The molecule has 0 aromatic carbocycles. The first-order valence-electron chi connectivity index (χ1n) is 11.0. The minimum atomic E-state index is -1.32. The third-order valence-electron chi connectivity index (χ3n) is 6.91. The second-order valence-corrected chi connectivity index (χ2v) is 9.64. The molecule has 2 aliphatic heterocycles. The van der Waals surface area contributed by atoms with Gasteiger partial charge in [0.1, 0.15) is 0 Å². The Kier molecular flexibility index (Phi) is 6.58. The molecular weight excluding hydrogens is 382 g/mol. The molecule has 3 rings (SSSR count). The minimum absolute atomic E-state index is 0.0785. The van der Waals surface area contributed by atoms with Gasteiger partial charge < -0.3 is 20.3 Å². The van der Waals surface area contributed by atoms with Crippen LogP contribution in [0.5, 0.6) is 0 Å². The number of allylic oxidation sites excluding steroid dienone is 2. The Bertz CT molecular complexity index is 782. The Hall–Kier alpha value is -1.92.